The highest BCUT2D eigenvalue weighted by molar-refractivity contribution is 8.00. The Bertz CT molecular complexity index is 1070. The van der Waals surface area contributed by atoms with Crippen molar-refractivity contribution in [2.45, 2.75) is 50.7 Å². The maximum absolute atomic E-state index is 13.5. The van der Waals surface area contributed by atoms with E-state index in [1.165, 1.54) is 23.9 Å². The molecule has 0 saturated carbocycles. The summed E-state index contributed by atoms with van der Waals surface area (Å²) < 4.78 is 13.5. The molecule has 0 aliphatic heterocycles. The molecule has 0 radical (unpaired) electrons. The molecule has 0 unspecified atom stereocenters. The normalized spacial score (nSPS) is 11.8. The van der Waals surface area contributed by atoms with Crippen molar-refractivity contribution < 1.29 is 14.0 Å². The fourth-order valence-electron chi connectivity index (χ4n) is 3.58. The Kier molecular flexibility index (Phi) is 9.28. The molecule has 4 nitrogen and oxygen atoms in total. The second kappa shape index (κ2) is 12.4. The third kappa shape index (κ3) is 7.73. The largest absolute Gasteiger partial charge is 0.352 e. The second-order valence-corrected chi connectivity index (χ2v) is 9.67. The minimum absolute atomic E-state index is 0.0597. The second-order valence-electron chi connectivity index (χ2n) is 8.62. The average molecular weight is 479 g/mol. The van der Waals surface area contributed by atoms with E-state index in [-0.39, 0.29) is 36.0 Å². The van der Waals surface area contributed by atoms with Gasteiger partial charge < -0.3 is 10.2 Å². The number of rotatable bonds is 10. The van der Waals surface area contributed by atoms with Crippen LogP contribution in [0.1, 0.15) is 30.5 Å². The van der Waals surface area contributed by atoms with Gasteiger partial charge in [-0.15, -0.1) is 11.8 Å². The number of aryl methyl sites for hydroxylation is 1. The van der Waals surface area contributed by atoms with Crippen LogP contribution in [0.25, 0.3) is 0 Å². The molecule has 0 fully saturated rings. The zero-order valence-electron chi connectivity index (χ0n) is 19.8. The van der Waals surface area contributed by atoms with Crippen LogP contribution in [0.2, 0.25) is 0 Å². The Hall–Kier alpha value is -3.12. The van der Waals surface area contributed by atoms with Crippen molar-refractivity contribution in [2.75, 3.05) is 5.75 Å². The van der Waals surface area contributed by atoms with Gasteiger partial charge in [-0.3, -0.25) is 9.59 Å². The maximum atomic E-state index is 13.5. The van der Waals surface area contributed by atoms with Crippen LogP contribution in [0.5, 0.6) is 0 Å². The first kappa shape index (κ1) is 25.5. The maximum Gasteiger partial charge on any atom is 0.243 e. The van der Waals surface area contributed by atoms with Crippen molar-refractivity contribution in [1.82, 2.24) is 10.2 Å². The quantitative estimate of drug-likeness (QED) is 0.398. The molecule has 0 bridgehead atoms. The Morgan fingerprint density at radius 1 is 0.912 bits per heavy atom. The van der Waals surface area contributed by atoms with Gasteiger partial charge in [-0.05, 0) is 56.2 Å². The summed E-state index contributed by atoms with van der Waals surface area (Å²) in [5.74, 6) is -0.482. The van der Waals surface area contributed by atoms with E-state index < -0.39 is 6.04 Å². The van der Waals surface area contributed by atoms with Crippen molar-refractivity contribution in [3.63, 3.8) is 0 Å². The number of hydrogen-bond acceptors (Lipinski definition) is 3. The lowest BCUT2D eigenvalue weighted by atomic mass is 10.0. The fourth-order valence-corrected chi connectivity index (χ4v) is 4.37. The lowest BCUT2D eigenvalue weighted by Gasteiger charge is -2.32. The lowest BCUT2D eigenvalue weighted by Crippen LogP contribution is -2.52. The van der Waals surface area contributed by atoms with E-state index in [1.807, 2.05) is 75.4 Å². The first-order valence-electron chi connectivity index (χ1n) is 11.4. The van der Waals surface area contributed by atoms with Crippen LogP contribution in [-0.4, -0.2) is 34.6 Å². The lowest BCUT2D eigenvalue weighted by molar-refractivity contribution is -0.139. The fraction of sp³-hybridized carbons (Fsp3) is 0.286. The summed E-state index contributed by atoms with van der Waals surface area (Å²) in [6.45, 7) is 6.04. The summed E-state index contributed by atoms with van der Waals surface area (Å²) in [6, 6.07) is 23.0. The Balaban J connectivity index is 1.89. The molecule has 0 spiro atoms. The van der Waals surface area contributed by atoms with Crippen LogP contribution in [0.3, 0.4) is 0 Å². The molecule has 3 aromatic rings. The average Bonchev–Trinajstić information content (AvgIpc) is 2.82. The topological polar surface area (TPSA) is 49.4 Å². The van der Waals surface area contributed by atoms with Crippen molar-refractivity contribution >= 4 is 23.6 Å². The smallest absolute Gasteiger partial charge is 0.243 e. The van der Waals surface area contributed by atoms with Crippen molar-refractivity contribution in [2.24, 2.45) is 0 Å². The van der Waals surface area contributed by atoms with Crippen LogP contribution < -0.4 is 5.32 Å². The molecule has 0 heterocycles. The molecule has 1 N–H and O–H groups in total. The molecule has 0 aliphatic rings. The van der Waals surface area contributed by atoms with Crippen molar-refractivity contribution in [1.29, 1.82) is 0 Å². The van der Waals surface area contributed by atoms with E-state index in [1.54, 1.807) is 17.0 Å². The van der Waals surface area contributed by atoms with Gasteiger partial charge in [-0.1, -0.05) is 60.2 Å². The molecule has 178 valence electrons. The zero-order chi connectivity index (χ0) is 24.5. The zero-order valence-corrected chi connectivity index (χ0v) is 20.6. The number of carbonyl (C=O) groups excluding carboxylic acids is 2. The number of carbonyl (C=O) groups is 2. The molecular weight excluding hydrogens is 447 g/mol. The van der Waals surface area contributed by atoms with Gasteiger partial charge in [0.15, 0.2) is 0 Å². The summed E-state index contributed by atoms with van der Waals surface area (Å²) in [6.07, 6.45) is 0.390. The van der Waals surface area contributed by atoms with Gasteiger partial charge in [0.05, 0.1) is 5.75 Å². The van der Waals surface area contributed by atoms with Gasteiger partial charge >= 0.3 is 0 Å². The monoisotopic (exact) mass is 478 g/mol. The first-order chi connectivity index (χ1) is 16.3. The standard InChI is InChI=1S/C28H31FN2O2S/c1-20(2)30-28(33)26(17-22-7-5-4-6-8-22)31(18-23-11-13-24(29)14-12-23)27(32)19-34-25-15-9-21(3)10-16-25/h4-16,20,26H,17-19H2,1-3H3,(H,30,33)/t26-/m1/s1. The number of amides is 2. The summed E-state index contributed by atoms with van der Waals surface area (Å²) in [5.41, 5.74) is 2.89. The van der Waals surface area contributed by atoms with E-state index in [4.69, 9.17) is 0 Å². The van der Waals surface area contributed by atoms with Crippen LogP contribution in [0, 0.1) is 12.7 Å². The SMILES string of the molecule is Cc1ccc(SCC(=O)N(Cc2ccc(F)cc2)[C@H](Cc2ccccc2)C(=O)NC(C)C)cc1. The molecule has 1 atom stereocenters. The molecule has 0 saturated heterocycles. The van der Waals surface area contributed by atoms with E-state index in [2.05, 4.69) is 5.32 Å². The highest BCUT2D eigenvalue weighted by atomic mass is 32.2. The minimum Gasteiger partial charge on any atom is -0.352 e. The number of hydrogen-bond donors (Lipinski definition) is 1. The predicted molar refractivity (Wildman–Crippen MR) is 136 cm³/mol. The van der Waals surface area contributed by atoms with Gasteiger partial charge in [-0.25, -0.2) is 4.39 Å². The van der Waals surface area contributed by atoms with Gasteiger partial charge in [0.25, 0.3) is 0 Å². The molecule has 0 aromatic heterocycles. The third-order valence-corrected chi connectivity index (χ3v) is 6.35. The third-order valence-electron chi connectivity index (χ3n) is 5.35. The number of nitrogens with one attached hydrogen (secondary N) is 1. The molecule has 34 heavy (non-hydrogen) atoms. The molecule has 6 heteroatoms. The van der Waals surface area contributed by atoms with Gasteiger partial charge in [0, 0.05) is 23.9 Å². The Morgan fingerprint density at radius 3 is 2.18 bits per heavy atom. The predicted octanol–water partition coefficient (Wildman–Crippen LogP) is 5.39. The highest BCUT2D eigenvalue weighted by Crippen LogP contribution is 2.22. The number of halogens is 1. The molecule has 0 aliphatic carbocycles. The molecule has 2 amide bonds. The van der Waals surface area contributed by atoms with Crippen LogP contribution in [0.4, 0.5) is 4.39 Å². The first-order valence-corrected chi connectivity index (χ1v) is 12.4. The summed E-state index contributed by atoms with van der Waals surface area (Å²) in [5, 5.41) is 2.97. The van der Waals surface area contributed by atoms with E-state index in [0.29, 0.717) is 6.42 Å². The van der Waals surface area contributed by atoms with Crippen molar-refractivity contribution in [3.05, 3.63) is 101 Å². The van der Waals surface area contributed by atoms with Gasteiger partial charge in [-0.2, -0.15) is 0 Å². The molecular formula is C28H31FN2O2S. The van der Waals surface area contributed by atoms with Crippen LogP contribution in [0.15, 0.2) is 83.8 Å². The number of nitrogens with zero attached hydrogens (tertiary/aromatic N) is 1. The van der Waals surface area contributed by atoms with Crippen molar-refractivity contribution in [3.8, 4) is 0 Å². The summed E-state index contributed by atoms with van der Waals surface area (Å²) in [7, 11) is 0. The number of benzene rings is 3. The summed E-state index contributed by atoms with van der Waals surface area (Å²) >= 11 is 1.44. The Morgan fingerprint density at radius 2 is 1.56 bits per heavy atom. The van der Waals surface area contributed by atoms with Gasteiger partial charge in [0.1, 0.15) is 11.9 Å². The summed E-state index contributed by atoms with van der Waals surface area (Å²) in [4.78, 5) is 29.4. The number of thioether (sulfide) groups is 1. The van der Waals surface area contributed by atoms with Crippen LogP contribution in [-0.2, 0) is 22.6 Å². The molecule has 3 rings (SSSR count). The van der Waals surface area contributed by atoms with Gasteiger partial charge in [0.2, 0.25) is 11.8 Å². The van der Waals surface area contributed by atoms with E-state index >= 15 is 0 Å². The minimum atomic E-state index is -0.694. The van der Waals surface area contributed by atoms with E-state index in [9.17, 15) is 14.0 Å². The highest BCUT2D eigenvalue weighted by Gasteiger charge is 2.30. The van der Waals surface area contributed by atoms with E-state index in [0.717, 1.165) is 21.6 Å². The Labute approximate surface area is 205 Å². The molecule has 3 aromatic carbocycles. The van der Waals surface area contributed by atoms with Crippen LogP contribution >= 0.6 is 11.8 Å².